The fraction of sp³-hybridized carbons (Fsp3) is 0.375. The Balaban J connectivity index is 1.77. The number of oxazole rings is 1. The number of carbonyl (C=O) groups excluding carboxylic acids is 3. The Hall–Kier alpha value is -3.10. The summed E-state index contributed by atoms with van der Waals surface area (Å²) in [6, 6.07) is 6.86. The lowest BCUT2D eigenvalue weighted by Gasteiger charge is -2.07. The number of hydrogen-bond donors (Lipinski definition) is 2. The lowest BCUT2D eigenvalue weighted by Crippen LogP contribution is -2.38. The molecule has 0 fully saturated rings. The van der Waals surface area contributed by atoms with Gasteiger partial charge in [0.05, 0.1) is 18.5 Å². The van der Waals surface area contributed by atoms with Crippen LogP contribution in [0.2, 0.25) is 0 Å². The van der Waals surface area contributed by atoms with Crippen molar-refractivity contribution in [3.8, 4) is 0 Å². The minimum atomic E-state index is -0.634. The number of aryl methyl sites for hydroxylation is 1. The summed E-state index contributed by atoms with van der Waals surface area (Å²) in [5.74, 6) is -2.10. The van der Waals surface area contributed by atoms with Crippen LogP contribution in [-0.2, 0) is 25.7 Å². The molecule has 1 aromatic heterocycles. The molecular formula is C16H19N3O6. The predicted octanol–water partition coefficient (Wildman–Crippen LogP) is -0.220. The van der Waals surface area contributed by atoms with Crippen molar-refractivity contribution in [1.82, 2.24) is 15.2 Å². The topological polar surface area (TPSA) is 120 Å². The van der Waals surface area contributed by atoms with E-state index >= 15 is 0 Å². The van der Waals surface area contributed by atoms with E-state index in [0.717, 1.165) is 0 Å². The van der Waals surface area contributed by atoms with Crippen LogP contribution in [0.15, 0.2) is 33.5 Å². The third-order valence-corrected chi connectivity index (χ3v) is 3.30. The zero-order chi connectivity index (χ0) is 18.2. The Bertz CT molecular complexity index is 823. The molecule has 1 aromatic carbocycles. The Morgan fingerprint density at radius 3 is 2.68 bits per heavy atom. The van der Waals surface area contributed by atoms with Crippen LogP contribution >= 0.6 is 0 Å². The molecule has 0 unspecified atom stereocenters. The van der Waals surface area contributed by atoms with Gasteiger partial charge in [-0.3, -0.25) is 19.0 Å². The van der Waals surface area contributed by atoms with Gasteiger partial charge in [-0.05, 0) is 19.1 Å². The highest BCUT2D eigenvalue weighted by Crippen LogP contribution is 2.12. The number of amides is 2. The fourth-order valence-electron chi connectivity index (χ4n) is 2.14. The van der Waals surface area contributed by atoms with Gasteiger partial charge in [0, 0.05) is 13.1 Å². The summed E-state index contributed by atoms with van der Waals surface area (Å²) in [5, 5.41) is 4.85. The van der Waals surface area contributed by atoms with Gasteiger partial charge in [0.15, 0.2) is 12.2 Å². The van der Waals surface area contributed by atoms with Crippen molar-refractivity contribution in [1.29, 1.82) is 0 Å². The number of carbonyl (C=O) groups is 3. The molecule has 2 N–H and O–H groups in total. The highest BCUT2D eigenvalue weighted by molar-refractivity contribution is 5.86. The summed E-state index contributed by atoms with van der Waals surface area (Å²) >= 11 is 0. The minimum absolute atomic E-state index is 0.0786. The molecule has 2 rings (SSSR count). The molecule has 25 heavy (non-hydrogen) atoms. The highest BCUT2D eigenvalue weighted by atomic mass is 16.5. The van der Waals surface area contributed by atoms with E-state index < -0.39 is 24.2 Å². The molecule has 0 aliphatic rings. The molecule has 0 bridgehead atoms. The van der Waals surface area contributed by atoms with Crippen LogP contribution in [0, 0.1) is 0 Å². The van der Waals surface area contributed by atoms with Crippen molar-refractivity contribution in [3.05, 3.63) is 34.8 Å². The summed E-state index contributed by atoms with van der Waals surface area (Å²) in [4.78, 5) is 46.1. The van der Waals surface area contributed by atoms with Crippen molar-refractivity contribution in [2.75, 3.05) is 19.7 Å². The van der Waals surface area contributed by atoms with Crippen molar-refractivity contribution in [2.24, 2.45) is 0 Å². The van der Waals surface area contributed by atoms with Gasteiger partial charge < -0.3 is 19.8 Å². The van der Waals surface area contributed by atoms with Crippen molar-refractivity contribution in [2.45, 2.75) is 19.9 Å². The highest BCUT2D eigenvalue weighted by Gasteiger charge is 2.12. The Kier molecular flexibility index (Phi) is 6.33. The van der Waals surface area contributed by atoms with Crippen LogP contribution in [0.5, 0.6) is 0 Å². The molecule has 134 valence electrons. The number of fused-ring (bicyclic) bond motifs is 1. The molecule has 2 amide bonds. The number of rotatable bonds is 8. The molecule has 0 aliphatic carbocycles. The van der Waals surface area contributed by atoms with Gasteiger partial charge in [0.2, 0.25) is 5.91 Å². The average Bonchev–Trinajstić information content (AvgIpc) is 2.91. The average molecular weight is 349 g/mol. The molecule has 0 saturated heterocycles. The smallest absolute Gasteiger partial charge is 0.419 e. The first kappa shape index (κ1) is 18.2. The van der Waals surface area contributed by atoms with Crippen LogP contribution < -0.4 is 16.4 Å². The molecule has 1 heterocycles. The van der Waals surface area contributed by atoms with E-state index in [1.54, 1.807) is 31.2 Å². The van der Waals surface area contributed by atoms with Crippen molar-refractivity contribution < 1.29 is 23.5 Å². The van der Waals surface area contributed by atoms with Crippen LogP contribution in [0.1, 0.15) is 13.3 Å². The zero-order valence-corrected chi connectivity index (χ0v) is 13.7. The van der Waals surface area contributed by atoms with Gasteiger partial charge in [0.25, 0.3) is 5.91 Å². The van der Waals surface area contributed by atoms with E-state index in [9.17, 15) is 19.2 Å². The lowest BCUT2D eigenvalue weighted by molar-refractivity contribution is -0.148. The predicted molar refractivity (Wildman–Crippen MR) is 87.7 cm³/mol. The Morgan fingerprint density at radius 1 is 1.16 bits per heavy atom. The Labute approximate surface area is 142 Å². The molecule has 2 aromatic rings. The van der Waals surface area contributed by atoms with Crippen LogP contribution in [0.25, 0.3) is 11.1 Å². The van der Waals surface area contributed by atoms with Crippen LogP contribution in [0.3, 0.4) is 0 Å². The van der Waals surface area contributed by atoms with Crippen LogP contribution in [-0.4, -0.2) is 42.0 Å². The molecule has 9 heteroatoms. The van der Waals surface area contributed by atoms with Crippen molar-refractivity contribution >= 4 is 28.9 Å². The molecule has 0 aliphatic heterocycles. The quantitative estimate of drug-likeness (QED) is 0.636. The van der Waals surface area contributed by atoms with E-state index in [0.29, 0.717) is 17.6 Å². The number of likely N-dealkylation sites (N-methyl/N-ethyl adjacent to an activating group) is 1. The third-order valence-electron chi connectivity index (χ3n) is 3.30. The van der Waals surface area contributed by atoms with E-state index in [1.165, 1.54) is 4.57 Å². The summed E-state index contributed by atoms with van der Waals surface area (Å²) in [7, 11) is 0. The monoisotopic (exact) mass is 349 g/mol. The Morgan fingerprint density at radius 2 is 1.92 bits per heavy atom. The van der Waals surface area contributed by atoms with Gasteiger partial charge in [0.1, 0.15) is 0 Å². The SMILES string of the molecule is CCNC(=O)CNC(=O)COC(=O)CCn1c(=O)oc2ccccc21. The molecule has 9 nitrogen and oxygen atoms in total. The standard InChI is InChI=1S/C16H19N3O6/c1-2-17-13(20)9-18-14(21)10-24-15(22)7-8-19-11-5-3-4-6-12(11)25-16(19)23/h3-6H,2,7-10H2,1H3,(H,17,20)(H,18,21). The molecular weight excluding hydrogens is 330 g/mol. The summed E-state index contributed by atoms with van der Waals surface area (Å²) in [5.41, 5.74) is 1.02. The molecule has 0 atom stereocenters. The lowest BCUT2D eigenvalue weighted by atomic mass is 10.3. The number of para-hydroxylation sites is 2. The number of hydrogen-bond acceptors (Lipinski definition) is 6. The summed E-state index contributed by atoms with van der Waals surface area (Å²) < 4.78 is 11.2. The summed E-state index contributed by atoms with van der Waals surface area (Å²) in [6.45, 7) is 1.64. The maximum atomic E-state index is 11.8. The second-order valence-electron chi connectivity index (χ2n) is 5.13. The second-order valence-corrected chi connectivity index (χ2v) is 5.13. The number of ether oxygens (including phenoxy) is 1. The fourth-order valence-corrected chi connectivity index (χ4v) is 2.14. The minimum Gasteiger partial charge on any atom is -0.456 e. The largest absolute Gasteiger partial charge is 0.456 e. The van der Waals surface area contributed by atoms with Gasteiger partial charge in [-0.2, -0.15) is 0 Å². The molecule has 0 radical (unpaired) electrons. The number of nitrogens with one attached hydrogen (secondary N) is 2. The van der Waals surface area contributed by atoms with Gasteiger partial charge in [-0.15, -0.1) is 0 Å². The number of nitrogens with zero attached hydrogens (tertiary/aromatic N) is 1. The van der Waals surface area contributed by atoms with E-state index in [2.05, 4.69) is 10.6 Å². The van der Waals surface area contributed by atoms with Gasteiger partial charge >= 0.3 is 11.7 Å². The maximum Gasteiger partial charge on any atom is 0.419 e. The maximum absolute atomic E-state index is 11.8. The third kappa shape index (κ3) is 5.20. The van der Waals surface area contributed by atoms with E-state index in [-0.39, 0.29) is 25.4 Å². The van der Waals surface area contributed by atoms with Crippen LogP contribution in [0.4, 0.5) is 0 Å². The van der Waals surface area contributed by atoms with E-state index in [1.807, 2.05) is 0 Å². The van der Waals surface area contributed by atoms with Crippen molar-refractivity contribution in [3.63, 3.8) is 0 Å². The molecule has 0 spiro atoms. The van der Waals surface area contributed by atoms with E-state index in [4.69, 9.17) is 9.15 Å². The summed E-state index contributed by atoms with van der Waals surface area (Å²) in [6.07, 6.45) is -0.0902. The zero-order valence-electron chi connectivity index (χ0n) is 13.7. The first-order valence-corrected chi connectivity index (χ1v) is 7.78. The van der Waals surface area contributed by atoms with Gasteiger partial charge in [-0.25, -0.2) is 4.79 Å². The second kappa shape index (κ2) is 8.67. The first-order valence-electron chi connectivity index (χ1n) is 7.78. The van der Waals surface area contributed by atoms with Gasteiger partial charge in [-0.1, -0.05) is 12.1 Å². The molecule has 0 saturated carbocycles. The first-order chi connectivity index (χ1) is 12.0. The number of benzene rings is 1. The number of aromatic nitrogens is 1. The number of esters is 1. The normalized spacial score (nSPS) is 10.4.